The molecular weight excluding hydrogens is 342 g/mol. The molecule has 2 N–H and O–H groups in total. The van der Waals surface area contributed by atoms with E-state index in [9.17, 15) is 17.6 Å². The predicted molar refractivity (Wildman–Crippen MR) is 73.0 cm³/mol. The molecule has 8 heteroatoms. The lowest BCUT2D eigenvalue weighted by molar-refractivity contribution is -0.132. The summed E-state index contributed by atoms with van der Waals surface area (Å²) in [7, 11) is 1.45. The Hall–Kier alpha value is -1.31. The summed E-state index contributed by atoms with van der Waals surface area (Å²) in [5.74, 6) is -0.157. The molecule has 1 aromatic carbocycles. The van der Waals surface area contributed by atoms with Crippen LogP contribution in [0, 0.1) is 5.82 Å². The molecule has 0 unspecified atom stereocenters. The van der Waals surface area contributed by atoms with Gasteiger partial charge in [0, 0.05) is 24.6 Å². The van der Waals surface area contributed by atoms with Gasteiger partial charge in [-0.05, 0) is 23.8 Å². The molecule has 20 heavy (non-hydrogen) atoms. The average molecular weight is 356 g/mol. The van der Waals surface area contributed by atoms with Gasteiger partial charge in [0.2, 0.25) is 0 Å². The topological polar surface area (TPSA) is 36.4 Å². The van der Waals surface area contributed by atoms with Gasteiger partial charge in [0.15, 0.2) is 5.96 Å². The Kier molecular flexibility index (Phi) is 6.25. The first kappa shape index (κ1) is 16.7. The first-order valence-corrected chi connectivity index (χ1v) is 6.56. The number of hydrogen-bond acceptors (Lipinski definition) is 1. The molecule has 0 saturated heterocycles. The van der Waals surface area contributed by atoms with Crippen molar-refractivity contribution in [2.45, 2.75) is 19.1 Å². The molecule has 1 aromatic rings. The molecule has 0 aliphatic rings. The van der Waals surface area contributed by atoms with Crippen molar-refractivity contribution in [3.8, 4) is 0 Å². The maximum atomic E-state index is 13.1. The molecule has 0 saturated carbocycles. The monoisotopic (exact) mass is 355 g/mol. The van der Waals surface area contributed by atoms with Gasteiger partial charge in [-0.1, -0.05) is 15.9 Å². The second-order valence-corrected chi connectivity index (χ2v) is 4.81. The van der Waals surface area contributed by atoms with Gasteiger partial charge in [-0.25, -0.2) is 4.39 Å². The first-order valence-electron chi connectivity index (χ1n) is 5.77. The summed E-state index contributed by atoms with van der Waals surface area (Å²) in [6.45, 7) is -0.0302. The maximum absolute atomic E-state index is 13.1. The third-order valence-corrected chi connectivity index (χ3v) is 3.15. The zero-order valence-corrected chi connectivity index (χ0v) is 12.3. The SMILES string of the molecule is CN=C(NCCC(F)(F)F)NCc1cc(F)ccc1Br. The van der Waals surface area contributed by atoms with E-state index in [-0.39, 0.29) is 24.9 Å². The Labute approximate surface area is 122 Å². The van der Waals surface area contributed by atoms with Gasteiger partial charge in [0.1, 0.15) is 5.82 Å². The van der Waals surface area contributed by atoms with Gasteiger partial charge in [0.05, 0.1) is 6.42 Å². The molecule has 3 nitrogen and oxygen atoms in total. The van der Waals surface area contributed by atoms with Crippen molar-refractivity contribution in [1.82, 2.24) is 10.6 Å². The number of aliphatic imine (C=N–C) groups is 1. The Morgan fingerprint density at radius 2 is 2.00 bits per heavy atom. The van der Waals surface area contributed by atoms with Crippen molar-refractivity contribution in [1.29, 1.82) is 0 Å². The lowest BCUT2D eigenvalue weighted by atomic mass is 10.2. The molecule has 0 heterocycles. The van der Waals surface area contributed by atoms with Crippen LogP contribution in [0.5, 0.6) is 0 Å². The van der Waals surface area contributed by atoms with Gasteiger partial charge in [-0.2, -0.15) is 13.2 Å². The van der Waals surface area contributed by atoms with E-state index in [2.05, 4.69) is 31.6 Å². The number of guanidine groups is 1. The largest absolute Gasteiger partial charge is 0.390 e. The fourth-order valence-corrected chi connectivity index (χ4v) is 1.79. The summed E-state index contributed by atoms with van der Waals surface area (Å²) in [5, 5.41) is 5.36. The van der Waals surface area contributed by atoms with Crippen LogP contribution in [0.4, 0.5) is 17.6 Å². The summed E-state index contributed by atoms with van der Waals surface area (Å²) >= 11 is 3.27. The number of nitrogens with one attached hydrogen (secondary N) is 2. The summed E-state index contributed by atoms with van der Waals surface area (Å²) in [5.41, 5.74) is 0.642. The number of rotatable bonds is 4. The number of alkyl halides is 3. The van der Waals surface area contributed by atoms with Crippen molar-refractivity contribution in [3.05, 3.63) is 34.1 Å². The van der Waals surface area contributed by atoms with E-state index in [0.29, 0.717) is 10.0 Å². The Morgan fingerprint density at radius 1 is 1.30 bits per heavy atom. The smallest absolute Gasteiger partial charge is 0.356 e. The molecule has 0 fully saturated rings. The Bertz CT molecular complexity index is 474. The molecule has 0 aliphatic heterocycles. The van der Waals surface area contributed by atoms with E-state index < -0.39 is 12.6 Å². The molecule has 1 rings (SSSR count). The summed E-state index contributed by atoms with van der Waals surface area (Å²) in [6, 6.07) is 4.20. The van der Waals surface area contributed by atoms with Crippen LogP contribution < -0.4 is 10.6 Å². The standard InChI is InChI=1S/C12H14BrF4N3/c1-18-11(19-5-4-12(15,16)17)20-7-8-6-9(14)2-3-10(8)13/h2-3,6H,4-5,7H2,1H3,(H2,18,19,20). The number of halogens is 5. The Balaban J connectivity index is 2.48. The van der Waals surface area contributed by atoms with Crippen LogP contribution in [0.25, 0.3) is 0 Å². The summed E-state index contributed by atoms with van der Waals surface area (Å²) in [6.07, 6.45) is -5.16. The minimum Gasteiger partial charge on any atom is -0.356 e. The minimum absolute atomic E-state index is 0.227. The van der Waals surface area contributed by atoms with Crippen molar-refractivity contribution in [2.24, 2.45) is 4.99 Å². The fraction of sp³-hybridized carbons (Fsp3) is 0.417. The summed E-state index contributed by atoms with van der Waals surface area (Å²) in [4.78, 5) is 3.79. The highest BCUT2D eigenvalue weighted by Gasteiger charge is 2.26. The number of benzene rings is 1. The summed E-state index contributed by atoms with van der Waals surface area (Å²) < 4.78 is 49.8. The van der Waals surface area contributed by atoms with Crippen LogP contribution >= 0.6 is 15.9 Å². The predicted octanol–water partition coefficient (Wildman–Crippen LogP) is 3.21. The van der Waals surface area contributed by atoms with Crippen molar-refractivity contribution >= 4 is 21.9 Å². The molecule has 0 aromatic heterocycles. The molecule has 0 bridgehead atoms. The van der Waals surface area contributed by atoms with E-state index in [1.165, 1.54) is 19.2 Å². The van der Waals surface area contributed by atoms with Crippen molar-refractivity contribution in [2.75, 3.05) is 13.6 Å². The van der Waals surface area contributed by atoms with E-state index in [0.717, 1.165) is 0 Å². The average Bonchev–Trinajstić information content (AvgIpc) is 2.36. The lowest BCUT2D eigenvalue weighted by Gasteiger charge is -2.13. The van der Waals surface area contributed by atoms with Gasteiger partial charge >= 0.3 is 6.18 Å². The van der Waals surface area contributed by atoms with E-state index >= 15 is 0 Å². The second kappa shape index (κ2) is 7.47. The quantitative estimate of drug-likeness (QED) is 0.494. The highest BCUT2D eigenvalue weighted by molar-refractivity contribution is 9.10. The van der Waals surface area contributed by atoms with Gasteiger partial charge in [-0.3, -0.25) is 4.99 Å². The molecule has 112 valence electrons. The van der Waals surface area contributed by atoms with E-state index in [1.54, 1.807) is 6.07 Å². The maximum Gasteiger partial charge on any atom is 0.390 e. The van der Waals surface area contributed by atoms with Crippen molar-refractivity contribution < 1.29 is 17.6 Å². The molecule has 0 aliphatic carbocycles. The highest BCUT2D eigenvalue weighted by atomic mass is 79.9. The van der Waals surface area contributed by atoms with Gasteiger partial charge in [-0.15, -0.1) is 0 Å². The highest BCUT2D eigenvalue weighted by Crippen LogP contribution is 2.18. The van der Waals surface area contributed by atoms with E-state index in [4.69, 9.17) is 0 Å². The van der Waals surface area contributed by atoms with Gasteiger partial charge < -0.3 is 10.6 Å². The lowest BCUT2D eigenvalue weighted by Crippen LogP contribution is -2.38. The molecule has 0 atom stereocenters. The fourth-order valence-electron chi connectivity index (χ4n) is 1.40. The Morgan fingerprint density at radius 3 is 2.60 bits per heavy atom. The molecular formula is C12H14BrF4N3. The van der Waals surface area contributed by atoms with Crippen LogP contribution in [0.15, 0.2) is 27.7 Å². The van der Waals surface area contributed by atoms with E-state index in [1.807, 2.05) is 0 Å². The van der Waals surface area contributed by atoms with Crippen LogP contribution in [0.3, 0.4) is 0 Å². The van der Waals surface area contributed by atoms with Crippen LogP contribution in [0.1, 0.15) is 12.0 Å². The molecule has 0 radical (unpaired) electrons. The third-order valence-electron chi connectivity index (χ3n) is 2.38. The second-order valence-electron chi connectivity index (χ2n) is 3.95. The van der Waals surface area contributed by atoms with Crippen LogP contribution in [0.2, 0.25) is 0 Å². The molecule has 0 spiro atoms. The first-order chi connectivity index (χ1) is 9.31. The normalized spacial score (nSPS) is 12.4. The number of nitrogens with zero attached hydrogens (tertiary/aromatic N) is 1. The van der Waals surface area contributed by atoms with Gasteiger partial charge in [0.25, 0.3) is 0 Å². The number of hydrogen-bond donors (Lipinski definition) is 2. The third kappa shape index (κ3) is 6.23. The zero-order chi connectivity index (χ0) is 15.2. The minimum atomic E-state index is -4.21. The van der Waals surface area contributed by atoms with Crippen LogP contribution in [-0.4, -0.2) is 25.7 Å². The zero-order valence-electron chi connectivity index (χ0n) is 10.7. The molecule has 0 amide bonds. The van der Waals surface area contributed by atoms with Crippen LogP contribution in [-0.2, 0) is 6.54 Å². The van der Waals surface area contributed by atoms with Crippen molar-refractivity contribution in [3.63, 3.8) is 0 Å².